The molecule has 0 aliphatic carbocycles. The maximum atomic E-state index is 11.5. The second-order valence-corrected chi connectivity index (χ2v) is 3.99. The minimum Gasteiger partial charge on any atom is -0.465 e. The van der Waals surface area contributed by atoms with Crippen molar-refractivity contribution >= 4 is 11.9 Å². The Labute approximate surface area is 116 Å². The molecule has 20 heavy (non-hydrogen) atoms. The van der Waals surface area contributed by atoms with Crippen LogP contribution in [0.2, 0.25) is 0 Å². The van der Waals surface area contributed by atoms with Crippen LogP contribution >= 0.6 is 0 Å². The Morgan fingerprint density at radius 2 is 1.60 bits per heavy atom. The number of benzene rings is 1. The van der Waals surface area contributed by atoms with Gasteiger partial charge in [-0.2, -0.15) is 0 Å². The number of pyridine rings is 1. The summed E-state index contributed by atoms with van der Waals surface area (Å²) in [6.45, 7) is 0. The molecule has 102 valence electrons. The number of hydrogen-bond donors (Lipinski definition) is 0. The molecule has 5 heteroatoms. The Balaban J connectivity index is 2.41. The Hall–Kier alpha value is -2.69. The minimum absolute atomic E-state index is 0.404. The molecular weight excluding hydrogens is 258 g/mol. The monoisotopic (exact) mass is 271 g/mol. The van der Waals surface area contributed by atoms with E-state index >= 15 is 0 Å². The van der Waals surface area contributed by atoms with E-state index in [2.05, 4.69) is 14.5 Å². The highest BCUT2D eigenvalue weighted by molar-refractivity contribution is 5.92. The largest absolute Gasteiger partial charge is 0.465 e. The van der Waals surface area contributed by atoms with Gasteiger partial charge in [-0.05, 0) is 24.3 Å². The SMILES string of the molecule is COC(=O)c1cccc(-c2cc(C(=O)OC)ccn2)c1. The molecule has 0 saturated carbocycles. The summed E-state index contributed by atoms with van der Waals surface area (Å²) in [6.07, 6.45) is 1.52. The number of aromatic nitrogens is 1. The lowest BCUT2D eigenvalue weighted by Gasteiger charge is -2.05. The number of nitrogens with zero attached hydrogens (tertiary/aromatic N) is 1. The van der Waals surface area contributed by atoms with Crippen molar-refractivity contribution in [2.45, 2.75) is 0 Å². The lowest BCUT2D eigenvalue weighted by Crippen LogP contribution is -2.03. The minimum atomic E-state index is -0.433. The van der Waals surface area contributed by atoms with Crippen LogP contribution in [0.1, 0.15) is 20.7 Å². The zero-order valence-corrected chi connectivity index (χ0v) is 11.1. The summed E-state index contributed by atoms with van der Waals surface area (Å²) in [5, 5.41) is 0. The molecule has 0 radical (unpaired) electrons. The highest BCUT2D eigenvalue weighted by Gasteiger charge is 2.10. The van der Waals surface area contributed by atoms with Gasteiger partial charge in [0.2, 0.25) is 0 Å². The molecule has 1 aromatic heterocycles. The topological polar surface area (TPSA) is 65.5 Å². The average Bonchev–Trinajstić information content (AvgIpc) is 2.53. The van der Waals surface area contributed by atoms with Gasteiger partial charge in [0.1, 0.15) is 0 Å². The number of esters is 2. The molecule has 0 amide bonds. The molecule has 0 aliphatic rings. The second-order valence-electron chi connectivity index (χ2n) is 3.99. The van der Waals surface area contributed by atoms with Gasteiger partial charge in [0, 0.05) is 11.8 Å². The molecule has 0 spiro atoms. The Bertz CT molecular complexity index is 594. The van der Waals surface area contributed by atoms with Crippen molar-refractivity contribution in [3.8, 4) is 11.3 Å². The van der Waals surface area contributed by atoms with E-state index in [1.165, 1.54) is 20.4 Å². The fraction of sp³-hybridized carbons (Fsp3) is 0.133. The first-order chi connectivity index (χ1) is 9.65. The lowest BCUT2D eigenvalue weighted by atomic mass is 10.1. The molecule has 0 bridgehead atoms. The van der Waals surface area contributed by atoms with Crippen molar-refractivity contribution in [1.29, 1.82) is 0 Å². The number of methoxy groups -OCH3 is 2. The Kier molecular flexibility index (Phi) is 4.10. The normalized spacial score (nSPS) is 9.90. The van der Waals surface area contributed by atoms with Crippen LogP contribution in [-0.4, -0.2) is 31.1 Å². The quantitative estimate of drug-likeness (QED) is 0.801. The summed E-state index contributed by atoms with van der Waals surface area (Å²) in [5.41, 5.74) is 2.13. The van der Waals surface area contributed by atoms with Gasteiger partial charge in [-0.1, -0.05) is 12.1 Å². The van der Waals surface area contributed by atoms with Crippen LogP contribution in [0.3, 0.4) is 0 Å². The summed E-state index contributed by atoms with van der Waals surface area (Å²) in [6, 6.07) is 10.0. The van der Waals surface area contributed by atoms with Gasteiger partial charge in [-0.25, -0.2) is 9.59 Å². The summed E-state index contributed by atoms with van der Waals surface area (Å²) in [5.74, 6) is -0.853. The molecule has 1 aromatic carbocycles. The van der Waals surface area contributed by atoms with E-state index in [0.717, 1.165) is 5.56 Å². The van der Waals surface area contributed by atoms with Gasteiger partial charge < -0.3 is 9.47 Å². The van der Waals surface area contributed by atoms with Gasteiger partial charge in [-0.3, -0.25) is 4.98 Å². The van der Waals surface area contributed by atoms with Crippen LogP contribution in [0.25, 0.3) is 11.3 Å². The number of ether oxygens (including phenoxy) is 2. The van der Waals surface area contributed by atoms with Crippen molar-refractivity contribution in [3.63, 3.8) is 0 Å². The summed E-state index contributed by atoms with van der Waals surface area (Å²) in [7, 11) is 2.64. The van der Waals surface area contributed by atoms with E-state index < -0.39 is 11.9 Å². The summed E-state index contributed by atoms with van der Waals surface area (Å²) < 4.78 is 9.34. The second kappa shape index (κ2) is 5.97. The molecule has 0 N–H and O–H groups in total. The lowest BCUT2D eigenvalue weighted by molar-refractivity contribution is 0.0591. The number of carbonyl (C=O) groups excluding carboxylic acids is 2. The zero-order valence-electron chi connectivity index (χ0n) is 11.1. The Morgan fingerprint density at radius 1 is 0.950 bits per heavy atom. The van der Waals surface area contributed by atoms with E-state index in [4.69, 9.17) is 0 Å². The number of carbonyl (C=O) groups is 2. The molecule has 2 rings (SSSR count). The Morgan fingerprint density at radius 3 is 2.25 bits per heavy atom. The molecule has 0 saturated heterocycles. The standard InChI is InChI=1S/C15H13NO4/c1-19-14(17)11-5-3-4-10(8-11)13-9-12(6-7-16-13)15(18)20-2/h3-9H,1-2H3. The van der Waals surface area contributed by atoms with Gasteiger partial charge in [0.15, 0.2) is 0 Å². The van der Waals surface area contributed by atoms with Crippen LogP contribution in [-0.2, 0) is 9.47 Å². The van der Waals surface area contributed by atoms with Gasteiger partial charge in [0.05, 0.1) is 31.0 Å². The van der Waals surface area contributed by atoms with E-state index in [1.807, 2.05) is 0 Å². The average molecular weight is 271 g/mol. The number of rotatable bonds is 3. The van der Waals surface area contributed by atoms with Crippen molar-refractivity contribution in [1.82, 2.24) is 4.98 Å². The fourth-order valence-corrected chi connectivity index (χ4v) is 1.76. The fourth-order valence-electron chi connectivity index (χ4n) is 1.76. The van der Waals surface area contributed by atoms with E-state index in [9.17, 15) is 9.59 Å². The third-order valence-electron chi connectivity index (χ3n) is 2.76. The molecule has 2 aromatic rings. The van der Waals surface area contributed by atoms with Gasteiger partial charge in [-0.15, -0.1) is 0 Å². The van der Waals surface area contributed by atoms with Crippen LogP contribution in [0.15, 0.2) is 42.6 Å². The van der Waals surface area contributed by atoms with Gasteiger partial charge in [0.25, 0.3) is 0 Å². The van der Waals surface area contributed by atoms with Crippen molar-refractivity contribution in [2.75, 3.05) is 14.2 Å². The highest BCUT2D eigenvalue weighted by atomic mass is 16.5. The zero-order chi connectivity index (χ0) is 14.5. The first-order valence-electron chi connectivity index (χ1n) is 5.89. The maximum Gasteiger partial charge on any atom is 0.337 e. The predicted octanol–water partition coefficient (Wildman–Crippen LogP) is 2.32. The van der Waals surface area contributed by atoms with Crippen molar-refractivity contribution in [3.05, 3.63) is 53.7 Å². The van der Waals surface area contributed by atoms with Crippen molar-refractivity contribution < 1.29 is 19.1 Å². The molecule has 0 unspecified atom stereocenters. The summed E-state index contributed by atoms with van der Waals surface area (Å²) in [4.78, 5) is 27.2. The smallest absolute Gasteiger partial charge is 0.337 e. The molecule has 0 atom stereocenters. The molecule has 1 heterocycles. The van der Waals surface area contributed by atoms with Crippen LogP contribution in [0, 0.1) is 0 Å². The molecular formula is C15H13NO4. The third-order valence-corrected chi connectivity index (χ3v) is 2.76. The predicted molar refractivity (Wildman–Crippen MR) is 72.4 cm³/mol. The molecule has 0 aliphatic heterocycles. The van der Waals surface area contributed by atoms with E-state index in [-0.39, 0.29) is 0 Å². The number of hydrogen-bond acceptors (Lipinski definition) is 5. The van der Waals surface area contributed by atoms with Crippen LogP contribution < -0.4 is 0 Å². The third kappa shape index (κ3) is 2.83. The van der Waals surface area contributed by atoms with Crippen LogP contribution in [0.5, 0.6) is 0 Å². The van der Waals surface area contributed by atoms with E-state index in [1.54, 1.807) is 36.4 Å². The summed E-state index contributed by atoms with van der Waals surface area (Å²) >= 11 is 0. The maximum absolute atomic E-state index is 11.5. The first-order valence-corrected chi connectivity index (χ1v) is 5.89. The molecule has 5 nitrogen and oxygen atoms in total. The van der Waals surface area contributed by atoms with Crippen LogP contribution in [0.4, 0.5) is 0 Å². The first kappa shape index (κ1) is 13.7. The highest BCUT2D eigenvalue weighted by Crippen LogP contribution is 2.20. The van der Waals surface area contributed by atoms with Gasteiger partial charge >= 0.3 is 11.9 Å². The van der Waals surface area contributed by atoms with E-state index in [0.29, 0.717) is 16.8 Å². The molecule has 0 fully saturated rings. The van der Waals surface area contributed by atoms with Crippen molar-refractivity contribution in [2.24, 2.45) is 0 Å².